The van der Waals surface area contributed by atoms with Crippen molar-refractivity contribution >= 4 is 29.1 Å². The highest BCUT2D eigenvalue weighted by Gasteiger charge is 2.25. The summed E-state index contributed by atoms with van der Waals surface area (Å²) in [5.74, 6) is 1.15. The molecule has 1 atom stereocenters. The summed E-state index contributed by atoms with van der Waals surface area (Å²) in [4.78, 5) is 4.56. The van der Waals surface area contributed by atoms with Gasteiger partial charge < -0.3 is 10.1 Å². The molecule has 1 aromatic heterocycles. The van der Waals surface area contributed by atoms with Crippen LogP contribution in [0.25, 0.3) is 11.3 Å². The molecule has 0 unspecified atom stereocenters. The molecule has 130 valence electrons. The molecule has 2 heterocycles. The lowest BCUT2D eigenvalue weighted by Gasteiger charge is -2.19. The molecule has 0 saturated carbocycles. The number of benzene rings is 2. The van der Waals surface area contributed by atoms with Crippen LogP contribution < -0.4 is 10.1 Å². The van der Waals surface area contributed by atoms with E-state index in [1.54, 1.807) is 6.08 Å². The van der Waals surface area contributed by atoms with Crippen LogP contribution in [0.1, 0.15) is 11.8 Å². The van der Waals surface area contributed by atoms with Crippen molar-refractivity contribution < 1.29 is 4.74 Å². The first kappa shape index (κ1) is 16.9. The number of rotatable bonds is 4. The summed E-state index contributed by atoms with van der Waals surface area (Å²) in [6.45, 7) is 3.72. The van der Waals surface area contributed by atoms with E-state index in [0.717, 1.165) is 16.8 Å². The van der Waals surface area contributed by atoms with Gasteiger partial charge in [0, 0.05) is 27.6 Å². The maximum atomic E-state index is 6.18. The number of ether oxygens (including phenoxy) is 1. The average Bonchev–Trinajstić information content (AvgIpc) is 2.83. The van der Waals surface area contributed by atoms with Crippen molar-refractivity contribution in [3.05, 3.63) is 71.8 Å². The van der Waals surface area contributed by atoms with Crippen LogP contribution in [0.4, 0.5) is 5.69 Å². The molecule has 2 aromatic carbocycles. The molecular weight excluding hydrogens is 368 g/mol. The number of para-hydroxylation sites is 1. The number of aromatic nitrogens is 3. The zero-order valence-electron chi connectivity index (χ0n) is 13.7. The summed E-state index contributed by atoms with van der Waals surface area (Å²) in [7, 11) is 0. The van der Waals surface area contributed by atoms with Gasteiger partial charge in [-0.2, -0.15) is 4.98 Å². The van der Waals surface area contributed by atoms with Crippen LogP contribution in [0.3, 0.4) is 0 Å². The Kier molecular flexibility index (Phi) is 4.77. The van der Waals surface area contributed by atoms with E-state index >= 15 is 0 Å². The van der Waals surface area contributed by atoms with E-state index in [2.05, 4.69) is 27.1 Å². The fourth-order valence-corrected chi connectivity index (χ4v) is 3.27. The van der Waals surface area contributed by atoms with Gasteiger partial charge in [-0.25, -0.2) is 0 Å². The van der Waals surface area contributed by atoms with Gasteiger partial charge in [-0.3, -0.25) is 0 Å². The number of nitrogens with one attached hydrogen (secondary N) is 1. The van der Waals surface area contributed by atoms with Gasteiger partial charge in [0.25, 0.3) is 0 Å². The minimum atomic E-state index is -0.413. The minimum absolute atomic E-state index is 0.413. The maximum Gasteiger partial charge on any atom is 0.247 e. The maximum absolute atomic E-state index is 6.18. The van der Waals surface area contributed by atoms with E-state index in [-0.39, 0.29) is 0 Å². The Hall–Kier alpha value is -2.57. The zero-order chi connectivity index (χ0) is 17.9. The molecule has 0 bridgehead atoms. The largest absolute Gasteiger partial charge is 0.448 e. The van der Waals surface area contributed by atoms with Gasteiger partial charge in [0.2, 0.25) is 11.0 Å². The van der Waals surface area contributed by atoms with Crippen molar-refractivity contribution in [1.29, 1.82) is 0 Å². The quantitative estimate of drug-likeness (QED) is 0.507. The molecule has 5 nitrogen and oxygen atoms in total. The second kappa shape index (κ2) is 7.35. The number of hydrogen-bond donors (Lipinski definition) is 1. The highest BCUT2D eigenvalue weighted by Crippen LogP contribution is 2.39. The van der Waals surface area contributed by atoms with Gasteiger partial charge in [0.1, 0.15) is 0 Å². The molecule has 1 aliphatic heterocycles. The minimum Gasteiger partial charge on any atom is -0.448 e. The molecule has 26 heavy (non-hydrogen) atoms. The number of thioether (sulfide) groups is 1. The first-order chi connectivity index (χ1) is 12.7. The zero-order valence-corrected chi connectivity index (χ0v) is 15.3. The fraction of sp³-hybridized carbons (Fsp3) is 0.105. The highest BCUT2D eigenvalue weighted by molar-refractivity contribution is 7.99. The third-order valence-electron chi connectivity index (χ3n) is 3.84. The molecule has 0 aliphatic carbocycles. The summed E-state index contributed by atoms with van der Waals surface area (Å²) >= 11 is 7.47. The van der Waals surface area contributed by atoms with Crippen LogP contribution in [0.15, 0.2) is 66.3 Å². The van der Waals surface area contributed by atoms with Crippen LogP contribution in [0.2, 0.25) is 5.02 Å². The van der Waals surface area contributed by atoms with Crippen molar-refractivity contribution in [3.63, 3.8) is 0 Å². The van der Waals surface area contributed by atoms with Crippen LogP contribution in [-0.4, -0.2) is 20.9 Å². The smallest absolute Gasteiger partial charge is 0.247 e. The lowest BCUT2D eigenvalue weighted by Crippen LogP contribution is -2.17. The Morgan fingerprint density at radius 2 is 1.96 bits per heavy atom. The summed E-state index contributed by atoms with van der Waals surface area (Å²) in [5, 5.41) is 13.2. The Morgan fingerprint density at radius 1 is 1.15 bits per heavy atom. The van der Waals surface area contributed by atoms with E-state index in [9.17, 15) is 0 Å². The molecule has 0 amide bonds. The van der Waals surface area contributed by atoms with Gasteiger partial charge >= 0.3 is 0 Å². The predicted octanol–water partition coefficient (Wildman–Crippen LogP) is 4.97. The Morgan fingerprint density at radius 3 is 2.77 bits per heavy atom. The van der Waals surface area contributed by atoms with Gasteiger partial charge in [0.15, 0.2) is 11.9 Å². The Bertz CT molecular complexity index is 949. The van der Waals surface area contributed by atoms with Gasteiger partial charge in [-0.05, 0) is 18.2 Å². The van der Waals surface area contributed by atoms with Crippen molar-refractivity contribution in [1.82, 2.24) is 15.2 Å². The summed E-state index contributed by atoms with van der Waals surface area (Å²) < 4.78 is 6.18. The van der Waals surface area contributed by atoms with Crippen LogP contribution in [-0.2, 0) is 0 Å². The van der Waals surface area contributed by atoms with Crippen LogP contribution in [0.5, 0.6) is 5.88 Å². The molecule has 4 rings (SSSR count). The lowest BCUT2D eigenvalue weighted by molar-refractivity contribution is 0.225. The molecule has 7 heteroatoms. The van der Waals surface area contributed by atoms with Crippen molar-refractivity contribution in [2.75, 3.05) is 11.1 Å². The number of halogens is 1. The summed E-state index contributed by atoms with van der Waals surface area (Å²) in [6, 6.07) is 15.4. The Labute approximate surface area is 160 Å². The molecule has 0 saturated heterocycles. The first-order valence-corrected chi connectivity index (χ1v) is 9.37. The van der Waals surface area contributed by atoms with E-state index in [1.165, 1.54) is 11.8 Å². The van der Waals surface area contributed by atoms with E-state index in [4.69, 9.17) is 16.3 Å². The molecule has 3 aromatic rings. The first-order valence-electron chi connectivity index (χ1n) is 8.01. The van der Waals surface area contributed by atoms with E-state index < -0.39 is 6.23 Å². The summed E-state index contributed by atoms with van der Waals surface area (Å²) in [6.07, 6.45) is 1.39. The standard InChI is InChI=1S/C19H15ClN4OS/c1-2-11-26-19-22-18-16(23-24-19)14-5-3-4-6-15(14)21-17(25-18)12-7-9-13(20)10-8-12/h2-10,17,21H,1,11H2/t17-/m1/s1. The van der Waals surface area contributed by atoms with E-state index in [1.807, 2.05) is 48.5 Å². The topological polar surface area (TPSA) is 59.9 Å². The van der Waals surface area contributed by atoms with Gasteiger partial charge in [-0.15, -0.1) is 16.8 Å². The lowest BCUT2D eigenvalue weighted by atomic mass is 10.1. The monoisotopic (exact) mass is 382 g/mol. The molecule has 0 fully saturated rings. The fourth-order valence-electron chi connectivity index (χ4n) is 2.63. The number of hydrogen-bond acceptors (Lipinski definition) is 6. The third-order valence-corrected chi connectivity index (χ3v) is 4.92. The second-order valence-corrected chi connectivity index (χ2v) is 7.01. The Balaban J connectivity index is 1.79. The van der Waals surface area contributed by atoms with Gasteiger partial charge in [0.05, 0.1) is 0 Å². The third kappa shape index (κ3) is 3.38. The molecule has 0 radical (unpaired) electrons. The van der Waals surface area contributed by atoms with Crippen LogP contribution >= 0.6 is 23.4 Å². The van der Waals surface area contributed by atoms with E-state index in [0.29, 0.717) is 27.5 Å². The second-order valence-electron chi connectivity index (χ2n) is 5.59. The normalized spacial score (nSPS) is 15.0. The molecular formula is C19H15ClN4OS. The van der Waals surface area contributed by atoms with Gasteiger partial charge in [-0.1, -0.05) is 59.8 Å². The number of fused-ring (bicyclic) bond motifs is 3. The number of nitrogens with zero attached hydrogens (tertiary/aromatic N) is 3. The van der Waals surface area contributed by atoms with Crippen molar-refractivity contribution in [3.8, 4) is 17.1 Å². The van der Waals surface area contributed by atoms with Crippen molar-refractivity contribution in [2.24, 2.45) is 0 Å². The highest BCUT2D eigenvalue weighted by atomic mass is 35.5. The average molecular weight is 383 g/mol. The molecule has 1 aliphatic rings. The van der Waals surface area contributed by atoms with Crippen LogP contribution in [0, 0.1) is 0 Å². The molecule has 0 spiro atoms. The summed E-state index contributed by atoms with van der Waals surface area (Å²) in [5.41, 5.74) is 3.37. The predicted molar refractivity (Wildman–Crippen MR) is 105 cm³/mol. The number of anilines is 1. The van der Waals surface area contributed by atoms with Crippen molar-refractivity contribution in [2.45, 2.75) is 11.4 Å². The molecule has 1 N–H and O–H groups in total. The SMILES string of the molecule is C=CCSc1nnc2c(n1)O[C@H](c1ccc(Cl)cc1)Nc1ccccc1-2.